The molecule has 1 heteroatoms. The third kappa shape index (κ3) is 4.87. The summed E-state index contributed by atoms with van der Waals surface area (Å²) in [6, 6.07) is 0. The van der Waals surface area contributed by atoms with Gasteiger partial charge in [-0.1, -0.05) is 26.2 Å². The van der Waals surface area contributed by atoms with Crippen molar-refractivity contribution in [2.75, 3.05) is 0 Å². The zero-order chi connectivity index (χ0) is 10.1. The number of carbonyl (C=O) groups excluding carboxylic acids is 1. The van der Waals surface area contributed by atoms with Gasteiger partial charge in [-0.2, -0.15) is 0 Å². The largest absolute Gasteiger partial charge is 0.299 e. The molecular weight excluding hydrogens is 160 g/mol. The molecule has 0 radical (unpaired) electrons. The zero-order valence-electron chi connectivity index (χ0n) is 8.85. The predicted molar refractivity (Wildman–Crippen MR) is 57.7 cm³/mol. The van der Waals surface area contributed by atoms with Gasteiger partial charge in [0.1, 0.15) is 5.78 Å². The maximum atomic E-state index is 11.3. The second-order valence-electron chi connectivity index (χ2n) is 3.55. The summed E-state index contributed by atoms with van der Waals surface area (Å²) in [6.07, 6.45) is 8.05. The van der Waals surface area contributed by atoms with Crippen LogP contribution in [0.4, 0.5) is 0 Å². The molecule has 1 aliphatic carbocycles. The van der Waals surface area contributed by atoms with E-state index in [2.05, 4.69) is 20.1 Å². The molecule has 0 aromatic heterocycles. The molecule has 0 bridgehead atoms. The smallest absolute Gasteiger partial charge is 0.135 e. The molecule has 0 saturated heterocycles. The fourth-order valence-corrected chi connectivity index (χ4v) is 1.81. The Morgan fingerprint density at radius 1 is 1.38 bits per heavy atom. The van der Waals surface area contributed by atoms with Crippen LogP contribution in [0.15, 0.2) is 13.2 Å². The van der Waals surface area contributed by atoms with Crippen LogP contribution in [0.3, 0.4) is 0 Å². The van der Waals surface area contributed by atoms with Crippen molar-refractivity contribution in [1.82, 2.24) is 0 Å². The van der Waals surface area contributed by atoms with Gasteiger partial charge < -0.3 is 0 Å². The molecule has 1 fully saturated rings. The highest BCUT2D eigenvalue weighted by Crippen LogP contribution is 2.24. The van der Waals surface area contributed by atoms with Crippen molar-refractivity contribution in [3.05, 3.63) is 13.2 Å². The molecule has 1 saturated carbocycles. The molecule has 13 heavy (non-hydrogen) atoms. The van der Waals surface area contributed by atoms with Crippen molar-refractivity contribution in [2.24, 2.45) is 5.92 Å². The van der Waals surface area contributed by atoms with Crippen molar-refractivity contribution in [3.8, 4) is 0 Å². The Labute approximate surface area is 82.2 Å². The first-order chi connectivity index (χ1) is 6.34. The number of hydrogen-bond acceptors (Lipinski definition) is 1. The first-order valence-electron chi connectivity index (χ1n) is 5.37. The second-order valence-corrected chi connectivity index (χ2v) is 3.55. The summed E-state index contributed by atoms with van der Waals surface area (Å²) in [5.74, 6) is 0.966. The number of rotatable bonds is 3. The molecule has 1 atom stereocenters. The maximum absolute atomic E-state index is 11.3. The first kappa shape index (κ1) is 12.4. The minimum Gasteiger partial charge on any atom is -0.299 e. The molecule has 1 nitrogen and oxygen atoms in total. The molecule has 1 unspecified atom stereocenters. The number of unbranched alkanes of at least 4 members (excludes halogenated alkanes) is 1. The molecule has 0 aromatic carbocycles. The highest BCUT2D eigenvalue weighted by Gasteiger charge is 2.20. The molecular formula is C12H22O. The topological polar surface area (TPSA) is 17.1 Å². The summed E-state index contributed by atoms with van der Waals surface area (Å²) in [7, 11) is 0. The van der Waals surface area contributed by atoms with Gasteiger partial charge in [-0.3, -0.25) is 4.79 Å². The van der Waals surface area contributed by atoms with Crippen molar-refractivity contribution >= 4 is 5.78 Å². The van der Waals surface area contributed by atoms with E-state index >= 15 is 0 Å². The van der Waals surface area contributed by atoms with Crippen molar-refractivity contribution in [1.29, 1.82) is 0 Å². The van der Waals surface area contributed by atoms with Crippen molar-refractivity contribution in [3.63, 3.8) is 0 Å². The lowest BCUT2D eigenvalue weighted by Gasteiger charge is -2.19. The fraction of sp³-hybridized carbons (Fsp3) is 0.750. The van der Waals surface area contributed by atoms with E-state index in [1.165, 1.54) is 25.7 Å². The van der Waals surface area contributed by atoms with Crippen LogP contribution in [0.2, 0.25) is 0 Å². The Kier molecular flexibility index (Phi) is 7.66. The van der Waals surface area contributed by atoms with Crippen LogP contribution >= 0.6 is 0 Å². The summed E-state index contributed by atoms with van der Waals surface area (Å²) in [6.45, 7) is 8.19. The monoisotopic (exact) mass is 182 g/mol. The average Bonchev–Trinajstić information content (AvgIpc) is 2.20. The SMILES string of the molecule is C=C.CCCCC1CCCCC1=O. The van der Waals surface area contributed by atoms with E-state index in [0.717, 1.165) is 19.3 Å². The average molecular weight is 182 g/mol. The molecule has 0 spiro atoms. The van der Waals surface area contributed by atoms with Crippen LogP contribution in [0, 0.1) is 5.92 Å². The van der Waals surface area contributed by atoms with Gasteiger partial charge in [0, 0.05) is 12.3 Å². The number of carbonyl (C=O) groups is 1. The van der Waals surface area contributed by atoms with Gasteiger partial charge in [0.25, 0.3) is 0 Å². The van der Waals surface area contributed by atoms with Crippen LogP contribution in [0.25, 0.3) is 0 Å². The van der Waals surface area contributed by atoms with E-state index in [-0.39, 0.29) is 0 Å². The Hall–Kier alpha value is -0.590. The maximum Gasteiger partial charge on any atom is 0.135 e. The van der Waals surface area contributed by atoms with E-state index in [1.807, 2.05) is 0 Å². The molecule has 0 N–H and O–H groups in total. The molecule has 0 heterocycles. The number of ketones is 1. The van der Waals surface area contributed by atoms with Gasteiger partial charge in [-0.15, -0.1) is 13.2 Å². The predicted octanol–water partition coefficient (Wildman–Crippen LogP) is 3.74. The normalized spacial score (nSPS) is 21.9. The van der Waals surface area contributed by atoms with E-state index < -0.39 is 0 Å². The van der Waals surface area contributed by atoms with Gasteiger partial charge in [0.2, 0.25) is 0 Å². The molecule has 1 aliphatic rings. The highest BCUT2D eigenvalue weighted by molar-refractivity contribution is 5.81. The summed E-state index contributed by atoms with van der Waals surface area (Å²) >= 11 is 0. The summed E-state index contributed by atoms with van der Waals surface area (Å²) in [4.78, 5) is 11.3. The molecule has 0 amide bonds. The molecule has 0 aliphatic heterocycles. The Balaban J connectivity index is 0.000000671. The third-order valence-electron chi connectivity index (χ3n) is 2.59. The molecule has 1 rings (SSSR count). The molecule has 0 aromatic rings. The highest BCUT2D eigenvalue weighted by atomic mass is 16.1. The number of hydrogen-bond donors (Lipinski definition) is 0. The minimum atomic E-state index is 0.434. The summed E-state index contributed by atoms with van der Waals surface area (Å²) in [5.41, 5.74) is 0. The Morgan fingerprint density at radius 2 is 2.08 bits per heavy atom. The van der Waals surface area contributed by atoms with Crippen molar-refractivity contribution in [2.45, 2.75) is 51.9 Å². The van der Waals surface area contributed by atoms with Crippen molar-refractivity contribution < 1.29 is 4.79 Å². The Bertz CT molecular complexity index is 140. The first-order valence-corrected chi connectivity index (χ1v) is 5.37. The third-order valence-corrected chi connectivity index (χ3v) is 2.59. The lowest BCUT2D eigenvalue weighted by Crippen LogP contribution is -2.18. The van der Waals surface area contributed by atoms with Crippen LogP contribution in [-0.4, -0.2) is 5.78 Å². The van der Waals surface area contributed by atoms with E-state index in [1.54, 1.807) is 0 Å². The van der Waals surface area contributed by atoms with E-state index in [9.17, 15) is 4.79 Å². The van der Waals surface area contributed by atoms with Crippen LogP contribution in [0.5, 0.6) is 0 Å². The van der Waals surface area contributed by atoms with Gasteiger partial charge >= 0.3 is 0 Å². The van der Waals surface area contributed by atoms with Crippen LogP contribution < -0.4 is 0 Å². The zero-order valence-corrected chi connectivity index (χ0v) is 8.85. The van der Waals surface area contributed by atoms with E-state index in [0.29, 0.717) is 11.7 Å². The summed E-state index contributed by atoms with van der Waals surface area (Å²) < 4.78 is 0. The lowest BCUT2D eigenvalue weighted by molar-refractivity contribution is -0.124. The minimum absolute atomic E-state index is 0.434. The van der Waals surface area contributed by atoms with Gasteiger partial charge in [-0.25, -0.2) is 0 Å². The number of Topliss-reactive ketones (excluding diaryl/α,β-unsaturated/α-hetero) is 1. The van der Waals surface area contributed by atoms with E-state index in [4.69, 9.17) is 0 Å². The quantitative estimate of drug-likeness (QED) is 0.608. The van der Waals surface area contributed by atoms with Gasteiger partial charge in [0.05, 0.1) is 0 Å². The summed E-state index contributed by atoms with van der Waals surface area (Å²) in [5, 5.41) is 0. The molecule has 76 valence electrons. The van der Waals surface area contributed by atoms with Gasteiger partial charge in [-0.05, 0) is 19.3 Å². The fourth-order valence-electron chi connectivity index (χ4n) is 1.81. The van der Waals surface area contributed by atoms with Gasteiger partial charge in [0.15, 0.2) is 0 Å². The Morgan fingerprint density at radius 3 is 2.62 bits per heavy atom. The van der Waals surface area contributed by atoms with Crippen LogP contribution in [-0.2, 0) is 4.79 Å². The standard InChI is InChI=1S/C10H18O.C2H4/c1-2-3-6-9-7-4-5-8-10(9)11;1-2/h9H,2-8H2,1H3;1-2H2. The second kappa shape index (κ2) is 8.03. The lowest BCUT2D eigenvalue weighted by atomic mass is 9.85. The van der Waals surface area contributed by atoms with Crippen LogP contribution in [0.1, 0.15) is 51.9 Å².